The molecule has 1 amide bonds. The maximum Gasteiger partial charge on any atom is 0.265 e. The zero-order valence-corrected chi connectivity index (χ0v) is 17.4. The number of aryl methyl sites for hydroxylation is 2. The van der Waals surface area contributed by atoms with E-state index in [2.05, 4.69) is 29.6 Å². The van der Waals surface area contributed by atoms with Crippen molar-refractivity contribution in [3.8, 4) is 5.75 Å². The Balaban J connectivity index is 1.43. The van der Waals surface area contributed by atoms with Crippen molar-refractivity contribution < 1.29 is 9.53 Å². The smallest absolute Gasteiger partial charge is 0.265 e. The lowest BCUT2D eigenvalue weighted by Crippen LogP contribution is -2.30. The van der Waals surface area contributed by atoms with Crippen LogP contribution in [0.4, 0.5) is 5.69 Å². The molecule has 3 aromatic rings. The van der Waals surface area contributed by atoms with Crippen molar-refractivity contribution in [1.82, 2.24) is 0 Å². The van der Waals surface area contributed by atoms with Gasteiger partial charge in [-0.25, -0.2) is 0 Å². The van der Waals surface area contributed by atoms with Crippen LogP contribution < -0.4 is 10.1 Å². The number of amides is 1. The molecule has 148 valence electrons. The summed E-state index contributed by atoms with van der Waals surface area (Å²) in [5, 5.41) is 3.03. The number of hydrogen-bond acceptors (Lipinski definition) is 3. The molecule has 1 aliphatic rings. The molecule has 0 aromatic heterocycles. The summed E-state index contributed by atoms with van der Waals surface area (Å²) in [6.07, 6.45) is 4.14. The first-order valence-corrected chi connectivity index (χ1v) is 10.9. The minimum absolute atomic E-state index is 0.149. The summed E-state index contributed by atoms with van der Waals surface area (Å²) in [6, 6.07) is 24.2. The molecule has 0 aliphatic heterocycles. The van der Waals surface area contributed by atoms with E-state index in [4.69, 9.17) is 4.74 Å². The molecule has 4 heteroatoms. The van der Waals surface area contributed by atoms with E-state index in [0.29, 0.717) is 0 Å². The quantitative estimate of drug-likeness (QED) is 0.539. The van der Waals surface area contributed by atoms with Crippen molar-refractivity contribution in [3.63, 3.8) is 0 Å². The van der Waals surface area contributed by atoms with E-state index in [9.17, 15) is 4.79 Å². The molecule has 1 N–H and O–H groups in total. The van der Waals surface area contributed by atoms with Gasteiger partial charge >= 0.3 is 0 Å². The maximum absolute atomic E-state index is 12.8. The van der Waals surface area contributed by atoms with E-state index in [1.54, 1.807) is 18.7 Å². The highest BCUT2D eigenvalue weighted by molar-refractivity contribution is 7.99. The van der Waals surface area contributed by atoms with Gasteiger partial charge in [0, 0.05) is 9.79 Å². The van der Waals surface area contributed by atoms with Crippen LogP contribution in [-0.4, -0.2) is 12.0 Å². The highest BCUT2D eigenvalue weighted by atomic mass is 32.2. The molecule has 29 heavy (non-hydrogen) atoms. The lowest BCUT2D eigenvalue weighted by molar-refractivity contribution is -0.122. The number of benzene rings is 3. The number of fused-ring (bicyclic) bond motifs is 1. The number of anilines is 1. The van der Waals surface area contributed by atoms with Gasteiger partial charge < -0.3 is 10.1 Å². The van der Waals surface area contributed by atoms with Gasteiger partial charge in [0.15, 0.2) is 6.10 Å². The zero-order chi connectivity index (χ0) is 20.1. The van der Waals surface area contributed by atoms with Crippen LogP contribution in [0.5, 0.6) is 5.75 Å². The summed E-state index contributed by atoms with van der Waals surface area (Å²) in [4.78, 5) is 14.9. The van der Waals surface area contributed by atoms with Crippen LogP contribution in [-0.2, 0) is 17.6 Å². The first kappa shape index (κ1) is 19.6. The van der Waals surface area contributed by atoms with Crippen molar-refractivity contribution in [2.45, 2.75) is 48.5 Å². The Kier molecular flexibility index (Phi) is 6.20. The first-order valence-electron chi connectivity index (χ1n) is 10.1. The number of carbonyl (C=O) groups is 1. The van der Waals surface area contributed by atoms with Crippen LogP contribution in [0.3, 0.4) is 0 Å². The second-order valence-electron chi connectivity index (χ2n) is 7.30. The van der Waals surface area contributed by atoms with Gasteiger partial charge in [-0.3, -0.25) is 4.79 Å². The average Bonchev–Trinajstić information content (AvgIpc) is 2.75. The Morgan fingerprint density at radius 3 is 2.48 bits per heavy atom. The van der Waals surface area contributed by atoms with Crippen LogP contribution in [0.2, 0.25) is 0 Å². The van der Waals surface area contributed by atoms with Gasteiger partial charge in [-0.1, -0.05) is 48.2 Å². The molecule has 0 bridgehead atoms. The van der Waals surface area contributed by atoms with Gasteiger partial charge in [-0.15, -0.1) is 0 Å². The Morgan fingerprint density at radius 2 is 1.66 bits per heavy atom. The number of rotatable bonds is 6. The third-order valence-corrected chi connectivity index (χ3v) is 6.20. The fourth-order valence-corrected chi connectivity index (χ4v) is 4.47. The second kappa shape index (κ2) is 9.19. The lowest BCUT2D eigenvalue weighted by Gasteiger charge is -2.19. The van der Waals surface area contributed by atoms with E-state index < -0.39 is 6.10 Å². The molecule has 0 saturated carbocycles. The van der Waals surface area contributed by atoms with Gasteiger partial charge in [0.05, 0.1) is 5.69 Å². The van der Waals surface area contributed by atoms with Crippen molar-refractivity contribution in [2.24, 2.45) is 0 Å². The Morgan fingerprint density at radius 1 is 0.931 bits per heavy atom. The summed E-state index contributed by atoms with van der Waals surface area (Å²) in [6.45, 7) is 1.79. The molecular weight excluding hydrogens is 378 g/mol. The van der Waals surface area contributed by atoms with Crippen LogP contribution in [0.15, 0.2) is 82.6 Å². The van der Waals surface area contributed by atoms with Crippen molar-refractivity contribution in [1.29, 1.82) is 0 Å². The number of ether oxygens (including phenoxy) is 1. The third-order valence-electron chi connectivity index (χ3n) is 5.12. The molecule has 3 nitrogen and oxygen atoms in total. The number of hydrogen-bond donors (Lipinski definition) is 1. The maximum atomic E-state index is 12.8. The molecule has 0 radical (unpaired) electrons. The van der Waals surface area contributed by atoms with E-state index >= 15 is 0 Å². The SMILES string of the molecule is C[C@@H](Oc1ccc2c(c1)CCCC2)C(=O)Nc1ccccc1Sc1ccccc1. The van der Waals surface area contributed by atoms with E-state index in [-0.39, 0.29) is 5.91 Å². The molecular formula is C25H25NO2S. The predicted molar refractivity (Wildman–Crippen MR) is 119 cm³/mol. The third kappa shape index (κ3) is 5.01. The van der Waals surface area contributed by atoms with Crippen molar-refractivity contribution in [3.05, 3.63) is 83.9 Å². The minimum Gasteiger partial charge on any atom is -0.481 e. The van der Waals surface area contributed by atoms with Crippen LogP contribution in [0.1, 0.15) is 30.9 Å². The second-order valence-corrected chi connectivity index (χ2v) is 8.41. The highest BCUT2D eigenvalue weighted by Gasteiger charge is 2.18. The van der Waals surface area contributed by atoms with Crippen LogP contribution in [0.25, 0.3) is 0 Å². The molecule has 0 saturated heterocycles. The summed E-state index contributed by atoms with van der Waals surface area (Å²) in [5.74, 6) is 0.615. The van der Waals surface area contributed by atoms with Gasteiger partial charge in [-0.05, 0) is 80.1 Å². The molecule has 0 heterocycles. The summed E-state index contributed by atoms with van der Waals surface area (Å²) < 4.78 is 5.95. The monoisotopic (exact) mass is 403 g/mol. The fourth-order valence-electron chi connectivity index (χ4n) is 3.55. The topological polar surface area (TPSA) is 38.3 Å². The Hall–Kier alpha value is -2.72. The summed E-state index contributed by atoms with van der Waals surface area (Å²) in [7, 11) is 0. The molecule has 1 atom stereocenters. The standard InChI is InChI=1S/C25H25NO2S/c1-18(28-21-16-15-19-9-5-6-10-20(19)17-21)25(27)26-23-13-7-8-14-24(23)29-22-11-3-2-4-12-22/h2-4,7-8,11-18H,5-6,9-10H2,1H3,(H,26,27)/t18-/m1/s1. The van der Waals surface area contributed by atoms with Crippen LogP contribution >= 0.6 is 11.8 Å². The van der Waals surface area contributed by atoms with E-state index in [0.717, 1.165) is 34.1 Å². The van der Waals surface area contributed by atoms with Crippen molar-refractivity contribution in [2.75, 3.05) is 5.32 Å². The predicted octanol–water partition coefficient (Wildman–Crippen LogP) is 6.12. The number of para-hydroxylation sites is 1. The molecule has 4 rings (SSSR count). The Labute approximate surface area is 176 Å². The van der Waals surface area contributed by atoms with Crippen LogP contribution in [0, 0.1) is 0 Å². The van der Waals surface area contributed by atoms with Gasteiger partial charge in [0.25, 0.3) is 5.91 Å². The summed E-state index contributed by atoms with van der Waals surface area (Å²) >= 11 is 1.63. The first-order chi connectivity index (χ1) is 14.2. The minimum atomic E-state index is -0.577. The molecule has 0 unspecified atom stereocenters. The zero-order valence-electron chi connectivity index (χ0n) is 16.6. The lowest BCUT2D eigenvalue weighted by atomic mass is 9.92. The number of nitrogens with one attached hydrogen (secondary N) is 1. The summed E-state index contributed by atoms with van der Waals surface area (Å²) in [5.41, 5.74) is 3.56. The van der Waals surface area contributed by atoms with Gasteiger partial charge in [0.2, 0.25) is 0 Å². The normalized spacial score (nSPS) is 14.0. The molecule has 0 spiro atoms. The molecule has 0 fully saturated rings. The largest absolute Gasteiger partial charge is 0.481 e. The fraction of sp³-hybridized carbons (Fsp3) is 0.240. The highest BCUT2D eigenvalue weighted by Crippen LogP contribution is 2.33. The molecule has 3 aromatic carbocycles. The Bertz CT molecular complexity index is 987. The van der Waals surface area contributed by atoms with E-state index in [1.807, 2.05) is 48.5 Å². The van der Waals surface area contributed by atoms with E-state index in [1.165, 1.54) is 24.0 Å². The molecule has 1 aliphatic carbocycles. The number of carbonyl (C=O) groups excluding carboxylic acids is 1. The average molecular weight is 404 g/mol. The van der Waals surface area contributed by atoms with Gasteiger partial charge in [-0.2, -0.15) is 0 Å². The van der Waals surface area contributed by atoms with Crippen molar-refractivity contribution >= 4 is 23.4 Å². The van der Waals surface area contributed by atoms with Gasteiger partial charge in [0.1, 0.15) is 5.75 Å².